The van der Waals surface area contributed by atoms with Crippen LogP contribution >= 0.6 is 0 Å². The lowest BCUT2D eigenvalue weighted by atomic mass is 10.7. The van der Waals surface area contributed by atoms with E-state index in [-0.39, 0.29) is 0 Å². The monoisotopic (exact) mass is 214 g/mol. The van der Waals surface area contributed by atoms with Crippen molar-refractivity contribution >= 4 is 22.3 Å². The SMILES string of the molecule is C[Si](C)(C)[Si]1([Si](C)(C)C)C=CC1. The van der Waals surface area contributed by atoms with Gasteiger partial charge in [-0.05, 0) is 6.04 Å². The normalized spacial score (nSPS) is 22.2. The van der Waals surface area contributed by atoms with Gasteiger partial charge in [-0.1, -0.05) is 45.4 Å². The maximum atomic E-state index is 2.67. The molecule has 0 nitrogen and oxygen atoms in total. The van der Waals surface area contributed by atoms with Gasteiger partial charge in [0.25, 0.3) is 0 Å². The third-order valence-corrected chi connectivity index (χ3v) is 42.3. The Morgan fingerprint density at radius 3 is 1.25 bits per heavy atom. The van der Waals surface area contributed by atoms with Crippen molar-refractivity contribution in [1.29, 1.82) is 0 Å². The Kier molecular flexibility index (Phi) is 2.35. The molecule has 0 bridgehead atoms. The third-order valence-electron chi connectivity index (χ3n) is 3.52. The summed E-state index contributed by atoms with van der Waals surface area (Å²) in [7, 11) is -2.54. The molecule has 1 heterocycles. The highest BCUT2D eigenvalue weighted by Gasteiger charge is 2.54. The van der Waals surface area contributed by atoms with Gasteiger partial charge in [-0.2, -0.15) is 0 Å². The van der Waals surface area contributed by atoms with Crippen LogP contribution in [0.3, 0.4) is 0 Å². The van der Waals surface area contributed by atoms with E-state index in [0.29, 0.717) is 0 Å². The summed E-state index contributed by atoms with van der Waals surface area (Å²) in [6.45, 7) is 15.5. The van der Waals surface area contributed by atoms with Crippen LogP contribution < -0.4 is 0 Å². The van der Waals surface area contributed by atoms with E-state index in [0.717, 1.165) is 0 Å². The minimum absolute atomic E-state index is 0.846. The van der Waals surface area contributed by atoms with Crippen LogP contribution in [0, 0.1) is 0 Å². The summed E-state index contributed by atoms with van der Waals surface area (Å²) in [5.74, 6) is 0. The Bertz CT molecular complexity index is 191. The number of hydrogen-bond donors (Lipinski definition) is 0. The first-order valence-corrected chi connectivity index (χ1v) is 16.2. The largest absolute Gasteiger partial charge is 0.103 e. The van der Waals surface area contributed by atoms with Gasteiger partial charge in [0, 0.05) is 15.2 Å². The lowest BCUT2D eigenvalue weighted by Gasteiger charge is -2.52. The fourth-order valence-corrected chi connectivity index (χ4v) is 42.9. The molecule has 0 aromatic heterocycles. The molecular formula is C9H22Si3. The second-order valence-electron chi connectivity index (χ2n) is 6.08. The summed E-state index contributed by atoms with van der Waals surface area (Å²) < 4.78 is 0. The molecule has 0 unspecified atom stereocenters. The van der Waals surface area contributed by atoms with Crippen molar-refractivity contribution in [3.63, 3.8) is 0 Å². The maximum Gasteiger partial charge on any atom is 0.0677 e. The molecule has 70 valence electrons. The molecule has 0 aromatic carbocycles. The molecular weight excluding hydrogens is 192 g/mol. The summed E-state index contributed by atoms with van der Waals surface area (Å²) in [6.07, 6.45) is 2.43. The molecule has 1 aliphatic rings. The van der Waals surface area contributed by atoms with Gasteiger partial charge in [-0.25, -0.2) is 0 Å². The molecule has 0 aliphatic carbocycles. The first-order valence-electron chi connectivity index (χ1n) is 4.88. The first kappa shape index (κ1) is 10.5. The fourth-order valence-electron chi connectivity index (χ4n) is 2.59. The van der Waals surface area contributed by atoms with Crippen molar-refractivity contribution in [3.05, 3.63) is 11.8 Å². The van der Waals surface area contributed by atoms with E-state index in [4.69, 9.17) is 0 Å². The second-order valence-corrected chi connectivity index (χ2v) is 33.6. The van der Waals surface area contributed by atoms with Gasteiger partial charge in [0.2, 0.25) is 0 Å². The zero-order valence-electron chi connectivity index (χ0n) is 9.36. The van der Waals surface area contributed by atoms with E-state index >= 15 is 0 Å². The lowest BCUT2D eigenvalue weighted by molar-refractivity contribution is 1.53. The van der Waals surface area contributed by atoms with Crippen molar-refractivity contribution in [1.82, 2.24) is 0 Å². The predicted octanol–water partition coefficient (Wildman–Crippen LogP) is 3.38. The van der Waals surface area contributed by atoms with Gasteiger partial charge in [0.1, 0.15) is 0 Å². The van der Waals surface area contributed by atoms with Crippen molar-refractivity contribution in [3.8, 4) is 0 Å². The van der Waals surface area contributed by atoms with E-state index in [1.807, 2.05) is 0 Å². The molecule has 12 heavy (non-hydrogen) atoms. The number of rotatable bonds is 2. The molecule has 0 radical (unpaired) electrons. The zero-order chi connectivity index (χ0) is 9.62. The van der Waals surface area contributed by atoms with Gasteiger partial charge in [0.15, 0.2) is 0 Å². The molecule has 0 fully saturated rings. The van der Waals surface area contributed by atoms with Gasteiger partial charge < -0.3 is 0 Å². The van der Waals surface area contributed by atoms with Gasteiger partial charge in [-0.15, -0.1) is 5.70 Å². The third kappa shape index (κ3) is 1.32. The minimum atomic E-state index is -0.849. The second kappa shape index (κ2) is 2.69. The summed E-state index contributed by atoms with van der Waals surface area (Å²) >= 11 is 0. The van der Waals surface area contributed by atoms with E-state index < -0.39 is 22.3 Å². The molecule has 0 amide bonds. The minimum Gasteiger partial charge on any atom is -0.103 e. The molecule has 3 heteroatoms. The zero-order valence-corrected chi connectivity index (χ0v) is 12.4. The van der Waals surface area contributed by atoms with E-state index in [9.17, 15) is 0 Å². The Hall–Kier alpha value is 0.391. The molecule has 0 aromatic rings. The van der Waals surface area contributed by atoms with Crippen LogP contribution in [0.1, 0.15) is 0 Å². The van der Waals surface area contributed by atoms with Crippen LogP contribution in [0.5, 0.6) is 0 Å². The fraction of sp³-hybridized carbons (Fsp3) is 0.778. The molecule has 0 atom stereocenters. The van der Waals surface area contributed by atoms with Gasteiger partial charge in [0.05, 0.1) is 7.11 Å². The average Bonchev–Trinajstić information content (AvgIpc) is 1.47. The van der Waals surface area contributed by atoms with Crippen molar-refractivity contribution in [2.75, 3.05) is 0 Å². The van der Waals surface area contributed by atoms with Crippen LogP contribution in [-0.2, 0) is 0 Å². The lowest BCUT2D eigenvalue weighted by Crippen LogP contribution is -2.72. The quantitative estimate of drug-likeness (QED) is 0.618. The molecule has 0 spiro atoms. The molecule has 0 saturated carbocycles. The smallest absolute Gasteiger partial charge is 0.0677 e. The highest BCUT2D eigenvalue weighted by molar-refractivity contribution is 7.71. The van der Waals surface area contributed by atoms with Gasteiger partial charge >= 0.3 is 0 Å². The number of allylic oxidation sites excluding steroid dienone is 1. The van der Waals surface area contributed by atoms with Crippen molar-refractivity contribution in [2.45, 2.75) is 45.3 Å². The van der Waals surface area contributed by atoms with E-state index in [1.165, 1.54) is 6.04 Å². The molecule has 1 aliphatic heterocycles. The van der Waals surface area contributed by atoms with Crippen molar-refractivity contribution in [2.24, 2.45) is 0 Å². The Morgan fingerprint density at radius 2 is 1.25 bits per heavy atom. The van der Waals surface area contributed by atoms with E-state index in [1.54, 1.807) is 0 Å². The predicted molar refractivity (Wildman–Crippen MR) is 66.4 cm³/mol. The standard InChI is InChI=1S/C9H22Si3/c1-10(2,3)12(8-7-9-12)11(4,5)6/h7-8H,9H2,1-6H3. The van der Waals surface area contributed by atoms with Crippen molar-refractivity contribution < 1.29 is 0 Å². The Labute approximate surface area is 79.7 Å². The highest BCUT2D eigenvalue weighted by atomic mass is 29.6. The summed E-state index contributed by atoms with van der Waals surface area (Å²) in [5.41, 5.74) is 2.67. The Balaban J connectivity index is 3.02. The van der Waals surface area contributed by atoms with E-state index in [2.05, 4.69) is 51.1 Å². The van der Waals surface area contributed by atoms with Crippen LogP contribution in [0.2, 0.25) is 45.3 Å². The molecule has 0 N–H and O–H groups in total. The highest BCUT2D eigenvalue weighted by Crippen LogP contribution is 2.39. The number of hydrogen-bond acceptors (Lipinski definition) is 0. The molecule has 0 saturated heterocycles. The van der Waals surface area contributed by atoms with Crippen LogP contribution in [0.25, 0.3) is 0 Å². The topological polar surface area (TPSA) is 0 Å². The maximum absolute atomic E-state index is 2.67. The first-order chi connectivity index (χ1) is 5.21. The summed E-state index contributed by atoms with van der Waals surface area (Å²) in [5, 5.41) is 0. The summed E-state index contributed by atoms with van der Waals surface area (Å²) in [4.78, 5) is 0. The molecule has 1 rings (SSSR count). The van der Waals surface area contributed by atoms with Crippen LogP contribution in [0.4, 0.5) is 0 Å². The Morgan fingerprint density at radius 1 is 0.917 bits per heavy atom. The van der Waals surface area contributed by atoms with Crippen LogP contribution in [-0.4, -0.2) is 22.3 Å². The average molecular weight is 215 g/mol. The van der Waals surface area contributed by atoms with Crippen LogP contribution in [0.15, 0.2) is 11.8 Å². The van der Waals surface area contributed by atoms with Gasteiger partial charge in [-0.3, -0.25) is 0 Å². The summed E-state index contributed by atoms with van der Waals surface area (Å²) in [6, 6.07) is 1.51.